The SMILES string of the molecule is Cc1ccc(C(C)N2C(=O)NC(=O)C2=O)o1. The van der Waals surface area contributed by atoms with Crippen molar-refractivity contribution in [1.82, 2.24) is 10.2 Å². The van der Waals surface area contributed by atoms with Crippen LogP contribution in [0.25, 0.3) is 0 Å². The highest BCUT2D eigenvalue weighted by Crippen LogP contribution is 2.24. The normalized spacial score (nSPS) is 17.9. The molecule has 16 heavy (non-hydrogen) atoms. The molecular formula is C10H10N2O4. The second-order valence-corrected chi connectivity index (χ2v) is 3.56. The van der Waals surface area contributed by atoms with Gasteiger partial charge >= 0.3 is 17.8 Å². The van der Waals surface area contributed by atoms with Crippen molar-refractivity contribution in [2.45, 2.75) is 19.9 Å². The van der Waals surface area contributed by atoms with Crippen molar-refractivity contribution in [1.29, 1.82) is 0 Å². The number of hydrogen-bond acceptors (Lipinski definition) is 4. The number of carbonyl (C=O) groups excluding carboxylic acids is 3. The third-order valence-electron chi connectivity index (χ3n) is 2.41. The quantitative estimate of drug-likeness (QED) is 0.590. The molecule has 0 bridgehead atoms. The summed E-state index contributed by atoms with van der Waals surface area (Å²) >= 11 is 0. The second-order valence-electron chi connectivity index (χ2n) is 3.56. The van der Waals surface area contributed by atoms with E-state index in [0.717, 1.165) is 4.90 Å². The monoisotopic (exact) mass is 222 g/mol. The fourth-order valence-corrected chi connectivity index (χ4v) is 1.57. The topological polar surface area (TPSA) is 79.6 Å². The summed E-state index contributed by atoms with van der Waals surface area (Å²) in [7, 11) is 0. The predicted octanol–water partition coefficient (Wildman–Crippen LogP) is 0.727. The number of imide groups is 2. The van der Waals surface area contributed by atoms with Gasteiger partial charge in [-0.25, -0.2) is 9.69 Å². The molecule has 0 radical (unpaired) electrons. The molecule has 1 saturated heterocycles. The van der Waals surface area contributed by atoms with E-state index in [2.05, 4.69) is 0 Å². The van der Waals surface area contributed by atoms with Gasteiger partial charge in [-0.2, -0.15) is 0 Å². The minimum atomic E-state index is -0.903. The molecule has 6 heteroatoms. The van der Waals surface area contributed by atoms with Crippen molar-refractivity contribution < 1.29 is 18.8 Å². The molecule has 2 rings (SSSR count). The van der Waals surface area contributed by atoms with E-state index in [0.29, 0.717) is 11.5 Å². The van der Waals surface area contributed by atoms with Gasteiger partial charge in [-0.3, -0.25) is 14.9 Å². The number of urea groups is 1. The lowest BCUT2D eigenvalue weighted by Gasteiger charge is -2.17. The number of nitrogens with one attached hydrogen (secondary N) is 1. The van der Waals surface area contributed by atoms with Gasteiger partial charge in [0.15, 0.2) is 0 Å². The lowest BCUT2D eigenvalue weighted by Crippen LogP contribution is -2.33. The van der Waals surface area contributed by atoms with Gasteiger partial charge < -0.3 is 4.42 Å². The van der Waals surface area contributed by atoms with Crippen molar-refractivity contribution in [3.05, 3.63) is 23.7 Å². The molecule has 1 aliphatic heterocycles. The highest BCUT2D eigenvalue weighted by atomic mass is 16.3. The smallest absolute Gasteiger partial charge is 0.332 e. The Morgan fingerprint density at radius 2 is 2.00 bits per heavy atom. The van der Waals surface area contributed by atoms with Crippen molar-refractivity contribution >= 4 is 17.8 Å². The maximum absolute atomic E-state index is 11.4. The Morgan fingerprint density at radius 1 is 1.31 bits per heavy atom. The molecule has 1 N–H and O–H groups in total. The fourth-order valence-electron chi connectivity index (χ4n) is 1.57. The third-order valence-corrected chi connectivity index (χ3v) is 2.41. The van der Waals surface area contributed by atoms with Gasteiger partial charge in [0.25, 0.3) is 0 Å². The maximum Gasteiger partial charge on any atom is 0.332 e. The molecule has 0 aromatic carbocycles. The van der Waals surface area contributed by atoms with Crippen LogP contribution in [0.3, 0.4) is 0 Å². The lowest BCUT2D eigenvalue weighted by molar-refractivity contribution is -0.141. The molecule has 2 heterocycles. The fraction of sp³-hybridized carbons (Fsp3) is 0.300. The van der Waals surface area contributed by atoms with Gasteiger partial charge in [-0.1, -0.05) is 0 Å². The first kappa shape index (κ1) is 10.4. The van der Waals surface area contributed by atoms with Crippen LogP contribution in [-0.2, 0) is 9.59 Å². The first-order valence-corrected chi connectivity index (χ1v) is 4.75. The molecule has 1 fully saturated rings. The Hall–Kier alpha value is -2.11. The number of amides is 4. The number of hydrogen-bond donors (Lipinski definition) is 1. The van der Waals surface area contributed by atoms with E-state index in [1.54, 1.807) is 26.0 Å². The summed E-state index contributed by atoms with van der Waals surface area (Å²) in [5.74, 6) is -0.609. The highest BCUT2D eigenvalue weighted by molar-refractivity contribution is 6.44. The van der Waals surface area contributed by atoms with Gasteiger partial charge in [0, 0.05) is 0 Å². The van der Waals surface area contributed by atoms with Crippen molar-refractivity contribution in [3.8, 4) is 0 Å². The lowest BCUT2D eigenvalue weighted by atomic mass is 10.2. The largest absolute Gasteiger partial charge is 0.464 e. The van der Waals surface area contributed by atoms with Gasteiger partial charge in [-0.15, -0.1) is 0 Å². The highest BCUT2D eigenvalue weighted by Gasteiger charge is 2.41. The zero-order valence-electron chi connectivity index (χ0n) is 8.81. The van der Waals surface area contributed by atoms with Crippen LogP contribution in [0.15, 0.2) is 16.5 Å². The van der Waals surface area contributed by atoms with E-state index in [-0.39, 0.29) is 0 Å². The zero-order chi connectivity index (χ0) is 11.9. The molecular weight excluding hydrogens is 212 g/mol. The van der Waals surface area contributed by atoms with Crippen LogP contribution >= 0.6 is 0 Å². The second kappa shape index (κ2) is 3.48. The number of aryl methyl sites for hydroxylation is 1. The van der Waals surface area contributed by atoms with Gasteiger partial charge in [0.2, 0.25) is 0 Å². The predicted molar refractivity (Wildman–Crippen MR) is 52.2 cm³/mol. The maximum atomic E-state index is 11.4. The molecule has 1 atom stereocenters. The van der Waals surface area contributed by atoms with Gasteiger partial charge in [0.05, 0.1) is 6.04 Å². The average Bonchev–Trinajstić information content (AvgIpc) is 2.73. The van der Waals surface area contributed by atoms with Crippen LogP contribution in [0.1, 0.15) is 24.5 Å². The van der Waals surface area contributed by atoms with Crippen molar-refractivity contribution in [3.63, 3.8) is 0 Å². The zero-order valence-corrected chi connectivity index (χ0v) is 8.81. The Kier molecular flexibility index (Phi) is 2.26. The Labute approximate surface area is 91.2 Å². The summed E-state index contributed by atoms with van der Waals surface area (Å²) in [6.07, 6.45) is 0. The van der Waals surface area contributed by atoms with E-state index in [4.69, 9.17) is 4.42 Å². The molecule has 0 spiro atoms. The molecule has 84 valence electrons. The van der Waals surface area contributed by atoms with E-state index >= 15 is 0 Å². The van der Waals surface area contributed by atoms with Crippen molar-refractivity contribution in [2.24, 2.45) is 0 Å². The molecule has 4 amide bonds. The summed E-state index contributed by atoms with van der Waals surface area (Å²) < 4.78 is 5.30. The number of nitrogens with zero attached hydrogens (tertiary/aromatic N) is 1. The van der Waals surface area contributed by atoms with Crippen LogP contribution in [-0.4, -0.2) is 22.7 Å². The van der Waals surface area contributed by atoms with Crippen molar-refractivity contribution in [2.75, 3.05) is 0 Å². The molecule has 0 aliphatic carbocycles. The van der Waals surface area contributed by atoms with E-state index in [1.165, 1.54) is 0 Å². The van der Waals surface area contributed by atoms with E-state index in [9.17, 15) is 14.4 Å². The van der Waals surface area contributed by atoms with Crippen LogP contribution in [0.4, 0.5) is 4.79 Å². The number of carbonyl (C=O) groups is 3. The third kappa shape index (κ3) is 1.48. The summed E-state index contributed by atoms with van der Waals surface area (Å²) in [5.41, 5.74) is 0. The average molecular weight is 222 g/mol. The van der Waals surface area contributed by atoms with Gasteiger partial charge in [0.1, 0.15) is 11.5 Å². The number of rotatable bonds is 2. The molecule has 6 nitrogen and oxygen atoms in total. The molecule has 1 aromatic heterocycles. The van der Waals surface area contributed by atoms with Crippen LogP contribution in [0.5, 0.6) is 0 Å². The van der Waals surface area contributed by atoms with Gasteiger partial charge in [-0.05, 0) is 26.0 Å². The van der Waals surface area contributed by atoms with E-state index < -0.39 is 23.9 Å². The summed E-state index contributed by atoms with van der Waals surface area (Å²) in [5, 5.41) is 1.93. The molecule has 0 saturated carbocycles. The minimum absolute atomic E-state index is 0.468. The Morgan fingerprint density at radius 3 is 2.44 bits per heavy atom. The van der Waals surface area contributed by atoms with E-state index in [1.807, 2.05) is 5.32 Å². The minimum Gasteiger partial charge on any atom is -0.464 e. The molecule has 1 unspecified atom stereocenters. The van der Waals surface area contributed by atoms with Crippen LogP contribution < -0.4 is 5.32 Å². The first-order valence-electron chi connectivity index (χ1n) is 4.75. The molecule has 1 aliphatic rings. The van der Waals surface area contributed by atoms with Crippen LogP contribution in [0, 0.1) is 6.92 Å². The van der Waals surface area contributed by atoms with Crippen LogP contribution in [0.2, 0.25) is 0 Å². The Bertz CT molecular complexity index is 477. The summed E-state index contributed by atoms with van der Waals surface area (Å²) in [6.45, 7) is 3.38. The number of furan rings is 1. The first-order chi connectivity index (χ1) is 7.50. The summed E-state index contributed by atoms with van der Waals surface area (Å²) in [4.78, 5) is 34.6. The standard InChI is InChI=1S/C10H10N2O4/c1-5-3-4-7(16-5)6(2)12-9(14)8(13)11-10(12)15/h3-4,6H,1-2H3,(H,11,13,15). The molecule has 1 aromatic rings. The Balaban J connectivity index is 2.28. The summed E-state index contributed by atoms with van der Waals surface area (Å²) in [6, 6.07) is 2.10.